The Morgan fingerprint density at radius 3 is 3.00 bits per heavy atom. The highest BCUT2D eigenvalue weighted by atomic mass is 32.1. The van der Waals surface area contributed by atoms with Gasteiger partial charge in [-0.05, 0) is 30.7 Å². The molecule has 1 heterocycles. The molecular formula is C14H18N2OS. The number of aromatic nitrogens is 1. The second-order valence-corrected chi connectivity index (χ2v) is 4.99. The molecule has 0 saturated carbocycles. The third-order valence-corrected chi connectivity index (χ3v) is 3.71. The number of likely N-dealkylation sites (N-methyl/N-ethyl adjacent to an activating group) is 1. The molecule has 1 atom stereocenters. The zero-order chi connectivity index (χ0) is 12.8. The van der Waals surface area contributed by atoms with E-state index in [0.29, 0.717) is 6.04 Å². The van der Waals surface area contributed by atoms with Gasteiger partial charge < -0.3 is 10.1 Å². The summed E-state index contributed by atoms with van der Waals surface area (Å²) in [5, 5.41) is 3.50. The van der Waals surface area contributed by atoms with Gasteiger partial charge in [0.25, 0.3) is 0 Å². The number of methoxy groups -OCH3 is 1. The van der Waals surface area contributed by atoms with Crippen LogP contribution < -0.4 is 10.1 Å². The van der Waals surface area contributed by atoms with Crippen molar-refractivity contribution in [3.8, 4) is 5.75 Å². The van der Waals surface area contributed by atoms with Crippen molar-refractivity contribution in [2.24, 2.45) is 0 Å². The lowest BCUT2D eigenvalue weighted by molar-refractivity contribution is 0.414. The summed E-state index contributed by atoms with van der Waals surface area (Å²) >= 11 is 1.70. The smallest absolute Gasteiger partial charge is 0.119 e. The summed E-state index contributed by atoms with van der Waals surface area (Å²) in [6.07, 6.45) is 2.89. The normalized spacial score (nSPS) is 12.3. The Balaban J connectivity index is 2.13. The molecule has 1 N–H and O–H groups in total. The Hall–Kier alpha value is -1.39. The molecule has 2 aromatic rings. The van der Waals surface area contributed by atoms with Crippen LogP contribution in [0.1, 0.15) is 23.4 Å². The molecule has 0 aliphatic rings. The summed E-state index contributed by atoms with van der Waals surface area (Å²) in [6.45, 7) is 3.08. The molecule has 1 aromatic heterocycles. The lowest BCUT2D eigenvalue weighted by Crippen LogP contribution is -2.22. The van der Waals surface area contributed by atoms with Gasteiger partial charge in [0.2, 0.25) is 0 Å². The van der Waals surface area contributed by atoms with Crippen molar-refractivity contribution in [2.75, 3.05) is 13.7 Å². The molecule has 0 amide bonds. The van der Waals surface area contributed by atoms with Crippen molar-refractivity contribution in [2.45, 2.75) is 19.4 Å². The van der Waals surface area contributed by atoms with Crippen LogP contribution in [0.4, 0.5) is 0 Å². The number of thiazole rings is 1. The van der Waals surface area contributed by atoms with Gasteiger partial charge in [-0.2, -0.15) is 0 Å². The third-order valence-electron chi connectivity index (χ3n) is 2.82. The minimum absolute atomic E-state index is 0.328. The molecule has 2 rings (SSSR count). The molecule has 18 heavy (non-hydrogen) atoms. The molecule has 0 radical (unpaired) electrons. The largest absolute Gasteiger partial charge is 0.497 e. The standard InChI is InChI=1S/C14H18N2OS/c1-3-16-13(14-9-15-10-18-14)8-11-5-4-6-12(7-11)17-2/h4-7,9-10,13,16H,3,8H2,1-2H3. The fourth-order valence-corrected chi connectivity index (χ4v) is 2.65. The molecule has 1 aromatic carbocycles. The zero-order valence-corrected chi connectivity index (χ0v) is 11.5. The Bertz CT molecular complexity index is 470. The van der Waals surface area contributed by atoms with E-state index in [0.717, 1.165) is 18.7 Å². The summed E-state index contributed by atoms with van der Waals surface area (Å²) in [5.74, 6) is 0.909. The monoisotopic (exact) mass is 262 g/mol. The average Bonchev–Trinajstić information content (AvgIpc) is 2.92. The number of nitrogens with zero attached hydrogens (tertiary/aromatic N) is 1. The molecule has 0 bridgehead atoms. The number of hydrogen-bond donors (Lipinski definition) is 1. The van der Waals surface area contributed by atoms with E-state index >= 15 is 0 Å². The van der Waals surface area contributed by atoms with Crippen LogP contribution in [-0.2, 0) is 6.42 Å². The average molecular weight is 262 g/mol. The molecule has 0 fully saturated rings. The van der Waals surface area contributed by atoms with Gasteiger partial charge in [-0.3, -0.25) is 4.98 Å². The van der Waals surface area contributed by atoms with E-state index in [-0.39, 0.29) is 0 Å². The number of hydrogen-bond acceptors (Lipinski definition) is 4. The van der Waals surface area contributed by atoms with Crippen LogP contribution in [0.25, 0.3) is 0 Å². The van der Waals surface area contributed by atoms with Crippen LogP contribution in [0, 0.1) is 0 Å². The molecule has 0 aliphatic carbocycles. The van der Waals surface area contributed by atoms with Crippen molar-refractivity contribution in [3.63, 3.8) is 0 Å². The summed E-state index contributed by atoms with van der Waals surface area (Å²) < 4.78 is 5.26. The fraction of sp³-hybridized carbons (Fsp3) is 0.357. The molecule has 3 nitrogen and oxygen atoms in total. The van der Waals surface area contributed by atoms with Gasteiger partial charge in [0.05, 0.1) is 12.6 Å². The third kappa shape index (κ3) is 3.31. The van der Waals surface area contributed by atoms with E-state index in [9.17, 15) is 0 Å². The maximum Gasteiger partial charge on any atom is 0.119 e. The molecule has 0 saturated heterocycles. The van der Waals surface area contributed by atoms with Crippen LogP contribution in [-0.4, -0.2) is 18.6 Å². The number of rotatable bonds is 6. The maximum atomic E-state index is 5.26. The predicted molar refractivity (Wildman–Crippen MR) is 75.2 cm³/mol. The topological polar surface area (TPSA) is 34.1 Å². The Kier molecular flexibility index (Phi) is 4.73. The van der Waals surface area contributed by atoms with Gasteiger partial charge in [0.1, 0.15) is 5.75 Å². The van der Waals surface area contributed by atoms with E-state index in [2.05, 4.69) is 29.4 Å². The molecule has 1 unspecified atom stereocenters. The van der Waals surface area contributed by atoms with Crippen molar-refractivity contribution < 1.29 is 4.74 Å². The Labute approximate surface area is 112 Å². The van der Waals surface area contributed by atoms with Crippen LogP contribution in [0.3, 0.4) is 0 Å². The van der Waals surface area contributed by atoms with E-state index in [1.165, 1.54) is 10.4 Å². The van der Waals surface area contributed by atoms with Gasteiger partial charge in [0.15, 0.2) is 0 Å². The van der Waals surface area contributed by atoms with Gasteiger partial charge in [-0.25, -0.2) is 0 Å². The van der Waals surface area contributed by atoms with Crippen molar-refractivity contribution >= 4 is 11.3 Å². The zero-order valence-electron chi connectivity index (χ0n) is 10.7. The first-order valence-electron chi connectivity index (χ1n) is 6.08. The highest BCUT2D eigenvalue weighted by Gasteiger charge is 2.12. The molecule has 0 spiro atoms. The van der Waals surface area contributed by atoms with Gasteiger partial charge >= 0.3 is 0 Å². The molecule has 0 aliphatic heterocycles. The first-order chi connectivity index (χ1) is 8.83. The predicted octanol–water partition coefficient (Wildman–Crippen LogP) is 3.05. The second-order valence-electron chi connectivity index (χ2n) is 4.07. The first kappa shape index (κ1) is 13.1. The molecular weight excluding hydrogens is 244 g/mol. The van der Waals surface area contributed by atoms with Crippen LogP contribution in [0.15, 0.2) is 36.0 Å². The lowest BCUT2D eigenvalue weighted by atomic mass is 10.0. The van der Waals surface area contributed by atoms with E-state index in [1.807, 2.05) is 23.8 Å². The highest BCUT2D eigenvalue weighted by molar-refractivity contribution is 7.09. The van der Waals surface area contributed by atoms with Crippen molar-refractivity contribution in [1.29, 1.82) is 0 Å². The summed E-state index contributed by atoms with van der Waals surface area (Å²) in [5.41, 5.74) is 3.15. The van der Waals surface area contributed by atoms with E-state index < -0.39 is 0 Å². The van der Waals surface area contributed by atoms with Crippen LogP contribution in [0.5, 0.6) is 5.75 Å². The molecule has 96 valence electrons. The quantitative estimate of drug-likeness (QED) is 0.869. The number of benzene rings is 1. The van der Waals surface area contributed by atoms with Gasteiger partial charge in [0, 0.05) is 17.1 Å². The summed E-state index contributed by atoms with van der Waals surface area (Å²) in [4.78, 5) is 5.43. The lowest BCUT2D eigenvalue weighted by Gasteiger charge is -2.16. The van der Waals surface area contributed by atoms with Gasteiger partial charge in [-0.15, -0.1) is 11.3 Å². The maximum absolute atomic E-state index is 5.26. The minimum Gasteiger partial charge on any atom is -0.497 e. The van der Waals surface area contributed by atoms with Crippen molar-refractivity contribution in [1.82, 2.24) is 10.3 Å². The van der Waals surface area contributed by atoms with Gasteiger partial charge in [-0.1, -0.05) is 19.1 Å². The Morgan fingerprint density at radius 1 is 1.44 bits per heavy atom. The van der Waals surface area contributed by atoms with Crippen LogP contribution >= 0.6 is 11.3 Å². The number of nitrogens with one attached hydrogen (secondary N) is 1. The van der Waals surface area contributed by atoms with Crippen molar-refractivity contribution in [3.05, 3.63) is 46.4 Å². The second kappa shape index (κ2) is 6.52. The summed E-state index contributed by atoms with van der Waals surface area (Å²) in [6, 6.07) is 8.55. The minimum atomic E-state index is 0.328. The summed E-state index contributed by atoms with van der Waals surface area (Å²) in [7, 11) is 1.70. The van der Waals surface area contributed by atoms with E-state index in [4.69, 9.17) is 4.74 Å². The fourth-order valence-electron chi connectivity index (χ4n) is 1.95. The Morgan fingerprint density at radius 2 is 2.33 bits per heavy atom. The SMILES string of the molecule is CCNC(Cc1cccc(OC)c1)c1cncs1. The molecule has 4 heteroatoms. The van der Waals surface area contributed by atoms with Crippen LogP contribution in [0.2, 0.25) is 0 Å². The number of ether oxygens (including phenoxy) is 1. The highest BCUT2D eigenvalue weighted by Crippen LogP contribution is 2.23. The first-order valence-corrected chi connectivity index (χ1v) is 6.96. The van der Waals surface area contributed by atoms with E-state index in [1.54, 1.807) is 18.4 Å².